The van der Waals surface area contributed by atoms with E-state index in [0.717, 1.165) is 41.7 Å². The van der Waals surface area contributed by atoms with Crippen LogP contribution in [0.25, 0.3) is 0 Å². The maximum absolute atomic E-state index is 5.63. The summed E-state index contributed by atoms with van der Waals surface area (Å²) in [6.45, 7) is 4.82. The van der Waals surface area contributed by atoms with Crippen molar-refractivity contribution in [1.82, 2.24) is 4.90 Å². The second-order valence-electron chi connectivity index (χ2n) is 7.37. The Hall–Kier alpha value is -1.33. The minimum Gasteiger partial charge on any atom is -0.494 e. The molecule has 4 nitrogen and oxygen atoms in total. The van der Waals surface area contributed by atoms with Gasteiger partial charge in [0.05, 0.1) is 25.7 Å². The average molecular weight is 363 g/mol. The van der Waals surface area contributed by atoms with Gasteiger partial charge in [-0.05, 0) is 69.1 Å². The van der Waals surface area contributed by atoms with E-state index in [2.05, 4.69) is 17.3 Å². The van der Waals surface area contributed by atoms with Gasteiger partial charge in [-0.2, -0.15) is 0 Å². The van der Waals surface area contributed by atoms with Crippen LogP contribution < -0.4 is 15.0 Å². The molecule has 0 radical (unpaired) electrons. The molecule has 138 valence electrons. The van der Waals surface area contributed by atoms with Crippen LogP contribution in [0.5, 0.6) is 5.75 Å². The van der Waals surface area contributed by atoms with Crippen molar-refractivity contribution in [2.45, 2.75) is 57.5 Å². The van der Waals surface area contributed by atoms with Crippen LogP contribution in [0.3, 0.4) is 0 Å². The molecule has 1 aromatic rings. The summed E-state index contributed by atoms with van der Waals surface area (Å²) in [7, 11) is 2.41. The summed E-state index contributed by atoms with van der Waals surface area (Å²) in [6.07, 6.45) is 8.18. The van der Waals surface area contributed by atoms with Gasteiger partial charge in [-0.15, -0.1) is 0 Å². The Morgan fingerprint density at radius 3 is 2.32 bits per heavy atom. The van der Waals surface area contributed by atoms with Gasteiger partial charge in [0.2, 0.25) is 0 Å². The lowest BCUT2D eigenvalue weighted by atomic mass is 10.0. The molecule has 25 heavy (non-hydrogen) atoms. The standard InChI is InChI=1S/C20H31N3OS/c1-3-24-19-10-8-16(9-11-19)21-20(25)23-14-12-18(13-15-23)22(2)17-6-4-5-7-17/h8-11,17-18H,3-7,12-15H2,1-2H3,(H,21,25)/p+1. The zero-order chi connectivity index (χ0) is 17.6. The Morgan fingerprint density at radius 2 is 1.72 bits per heavy atom. The van der Waals surface area contributed by atoms with E-state index in [1.54, 1.807) is 4.90 Å². The van der Waals surface area contributed by atoms with Gasteiger partial charge in [0.25, 0.3) is 0 Å². The molecule has 1 atom stereocenters. The first-order valence-electron chi connectivity index (χ1n) is 9.79. The number of likely N-dealkylation sites (tertiary alicyclic amines) is 1. The van der Waals surface area contributed by atoms with Gasteiger partial charge in [0.15, 0.2) is 5.11 Å². The number of benzene rings is 1. The molecule has 0 aromatic heterocycles. The fraction of sp³-hybridized carbons (Fsp3) is 0.650. The fourth-order valence-corrected chi connectivity index (χ4v) is 4.56. The summed E-state index contributed by atoms with van der Waals surface area (Å²) >= 11 is 5.63. The van der Waals surface area contributed by atoms with Gasteiger partial charge in [0, 0.05) is 31.6 Å². The molecule has 1 saturated carbocycles. The molecule has 5 heteroatoms. The van der Waals surface area contributed by atoms with Gasteiger partial charge < -0.3 is 19.9 Å². The van der Waals surface area contributed by atoms with Crippen molar-refractivity contribution in [2.75, 3.05) is 32.1 Å². The topological polar surface area (TPSA) is 28.9 Å². The minimum absolute atomic E-state index is 0.692. The lowest BCUT2D eigenvalue weighted by Gasteiger charge is -2.38. The maximum atomic E-state index is 5.63. The molecule has 0 amide bonds. The third kappa shape index (κ3) is 4.85. The van der Waals surface area contributed by atoms with Crippen LogP contribution in [0.15, 0.2) is 24.3 Å². The predicted molar refractivity (Wildman–Crippen MR) is 108 cm³/mol. The zero-order valence-corrected chi connectivity index (χ0v) is 16.4. The van der Waals surface area contributed by atoms with Crippen LogP contribution in [0.1, 0.15) is 45.4 Å². The largest absolute Gasteiger partial charge is 0.494 e. The normalized spacial score (nSPS) is 20.5. The van der Waals surface area contributed by atoms with Crippen LogP contribution in [-0.2, 0) is 0 Å². The number of hydrogen-bond donors (Lipinski definition) is 2. The second kappa shape index (κ2) is 8.86. The van der Waals surface area contributed by atoms with Crippen LogP contribution in [-0.4, -0.2) is 48.8 Å². The van der Waals surface area contributed by atoms with Crippen molar-refractivity contribution in [1.29, 1.82) is 0 Å². The van der Waals surface area contributed by atoms with Gasteiger partial charge in [-0.3, -0.25) is 0 Å². The maximum Gasteiger partial charge on any atom is 0.173 e. The van der Waals surface area contributed by atoms with Crippen molar-refractivity contribution in [3.8, 4) is 5.75 Å². The predicted octanol–water partition coefficient (Wildman–Crippen LogP) is 2.70. The Bertz CT molecular complexity index is 549. The van der Waals surface area contributed by atoms with E-state index >= 15 is 0 Å². The van der Waals surface area contributed by atoms with Crippen LogP contribution in [0.4, 0.5) is 5.69 Å². The van der Waals surface area contributed by atoms with E-state index in [1.807, 2.05) is 31.2 Å². The smallest absolute Gasteiger partial charge is 0.173 e. The minimum atomic E-state index is 0.692. The Kier molecular flexibility index (Phi) is 6.54. The van der Waals surface area contributed by atoms with Crippen molar-refractivity contribution < 1.29 is 9.64 Å². The molecule has 1 aliphatic carbocycles. The summed E-state index contributed by atoms with van der Waals surface area (Å²) < 4.78 is 5.49. The number of anilines is 1. The Morgan fingerprint density at radius 1 is 1.12 bits per heavy atom. The first-order valence-corrected chi connectivity index (χ1v) is 10.2. The molecule has 1 unspecified atom stereocenters. The van der Waals surface area contributed by atoms with Gasteiger partial charge in [-0.1, -0.05) is 0 Å². The first-order chi connectivity index (χ1) is 12.2. The molecule has 1 aliphatic heterocycles. The number of nitrogens with zero attached hydrogens (tertiary/aromatic N) is 1. The molecule has 2 aliphatic rings. The first kappa shape index (κ1) is 18.5. The zero-order valence-electron chi connectivity index (χ0n) is 15.6. The van der Waals surface area contributed by atoms with E-state index in [9.17, 15) is 0 Å². The van der Waals surface area contributed by atoms with Crippen LogP contribution in [0, 0.1) is 0 Å². The summed E-state index contributed by atoms with van der Waals surface area (Å²) in [4.78, 5) is 4.09. The van der Waals surface area contributed by atoms with E-state index < -0.39 is 0 Å². The second-order valence-corrected chi connectivity index (χ2v) is 7.76. The van der Waals surface area contributed by atoms with Crippen molar-refractivity contribution in [3.63, 3.8) is 0 Å². The van der Waals surface area contributed by atoms with E-state index in [1.165, 1.54) is 38.5 Å². The van der Waals surface area contributed by atoms with Gasteiger partial charge in [-0.25, -0.2) is 0 Å². The van der Waals surface area contributed by atoms with Crippen molar-refractivity contribution in [2.24, 2.45) is 0 Å². The van der Waals surface area contributed by atoms with Crippen LogP contribution in [0.2, 0.25) is 0 Å². The number of thiocarbonyl (C=S) groups is 1. The molecule has 3 rings (SSSR count). The van der Waals surface area contributed by atoms with Crippen molar-refractivity contribution >= 4 is 23.0 Å². The number of nitrogens with one attached hydrogen (secondary N) is 2. The molecule has 2 N–H and O–H groups in total. The SMILES string of the molecule is CCOc1ccc(NC(=S)N2CCC([NH+](C)C3CCCC3)CC2)cc1. The number of hydrogen-bond acceptors (Lipinski definition) is 2. The van der Waals surface area contributed by atoms with E-state index in [0.29, 0.717) is 6.61 Å². The van der Waals surface area contributed by atoms with Crippen molar-refractivity contribution in [3.05, 3.63) is 24.3 Å². The van der Waals surface area contributed by atoms with E-state index in [4.69, 9.17) is 17.0 Å². The van der Waals surface area contributed by atoms with E-state index in [-0.39, 0.29) is 0 Å². The molecule has 0 bridgehead atoms. The summed E-state index contributed by atoms with van der Waals surface area (Å²) in [6, 6.07) is 9.73. The lowest BCUT2D eigenvalue weighted by molar-refractivity contribution is -0.931. The fourth-order valence-electron chi connectivity index (χ4n) is 4.26. The highest BCUT2D eigenvalue weighted by atomic mass is 32.1. The molecule has 1 heterocycles. The third-order valence-corrected chi connectivity index (χ3v) is 6.20. The van der Waals surface area contributed by atoms with Crippen LogP contribution >= 0.6 is 12.2 Å². The highest BCUT2D eigenvalue weighted by Crippen LogP contribution is 2.19. The molecule has 1 aromatic carbocycles. The Labute approximate surface area is 157 Å². The number of piperidine rings is 1. The average Bonchev–Trinajstić information content (AvgIpc) is 3.18. The van der Waals surface area contributed by atoms with Gasteiger partial charge >= 0.3 is 0 Å². The number of rotatable bonds is 5. The highest BCUT2D eigenvalue weighted by Gasteiger charge is 2.32. The molecule has 2 fully saturated rings. The monoisotopic (exact) mass is 362 g/mol. The summed E-state index contributed by atoms with van der Waals surface area (Å²) in [5.41, 5.74) is 1.03. The summed E-state index contributed by atoms with van der Waals surface area (Å²) in [5, 5.41) is 4.22. The number of ether oxygens (including phenoxy) is 1. The summed E-state index contributed by atoms with van der Waals surface area (Å²) in [5.74, 6) is 0.901. The highest BCUT2D eigenvalue weighted by molar-refractivity contribution is 7.80. The number of quaternary nitrogens is 1. The third-order valence-electron chi connectivity index (χ3n) is 5.84. The molecular formula is C20H32N3OS+. The Balaban J connectivity index is 1.46. The molecule has 1 saturated heterocycles. The molecule has 0 spiro atoms. The van der Waals surface area contributed by atoms with Gasteiger partial charge in [0.1, 0.15) is 5.75 Å². The molecular weight excluding hydrogens is 330 g/mol. The lowest BCUT2D eigenvalue weighted by Crippen LogP contribution is -3.16. The quantitative estimate of drug-likeness (QED) is 0.788.